The van der Waals surface area contributed by atoms with Crippen LogP contribution in [0, 0.1) is 18.6 Å². The minimum Gasteiger partial charge on any atom is -0.358 e. The molecule has 0 radical (unpaired) electrons. The lowest BCUT2D eigenvalue weighted by molar-refractivity contribution is 0.604. The Hall–Kier alpha value is -2.01. The summed E-state index contributed by atoms with van der Waals surface area (Å²) in [5.74, 6) is -1.07. The van der Waals surface area contributed by atoms with Gasteiger partial charge >= 0.3 is 0 Å². The van der Waals surface area contributed by atoms with Gasteiger partial charge in [-0.05, 0) is 36.8 Å². The molecule has 0 aromatic heterocycles. The summed E-state index contributed by atoms with van der Waals surface area (Å²) in [4.78, 5) is 0. The van der Waals surface area contributed by atoms with Gasteiger partial charge in [-0.15, -0.1) is 0 Å². The van der Waals surface area contributed by atoms with Gasteiger partial charge in [0.1, 0.15) is 11.6 Å². The highest BCUT2D eigenvalue weighted by Crippen LogP contribution is 2.15. The number of hydrogen-bond acceptors (Lipinski definition) is 1. The Morgan fingerprint density at radius 2 is 1.80 bits per heavy atom. The van der Waals surface area contributed by atoms with Crippen LogP contribution in [0.15, 0.2) is 42.5 Å². The number of hydrogen-bond donors (Lipinski definition) is 2. The molecular weight excluding hydrogens is 278 g/mol. The zero-order valence-electron chi connectivity index (χ0n) is 10.9. The Morgan fingerprint density at radius 1 is 1.10 bits per heavy atom. The molecule has 0 saturated heterocycles. The summed E-state index contributed by atoms with van der Waals surface area (Å²) in [6, 6.07) is 11.1. The van der Waals surface area contributed by atoms with E-state index in [9.17, 15) is 8.78 Å². The molecule has 0 aliphatic heterocycles. The largest absolute Gasteiger partial charge is 0.358 e. The molecule has 2 aromatic rings. The highest BCUT2D eigenvalue weighted by molar-refractivity contribution is 7.80. The van der Waals surface area contributed by atoms with E-state index in [4.69, 9.17) is 12.2 Å². The molecule has 0 aliphatic rings. The maximum absolute atomic E-state index is 13.4. The molecule has 104 valence electrons. The first-order chi connectivity index (χ1) is 9.54. The Bertz CT molecular complexity index is 612. The van der Waals surface area contributed by atoms with E-state index in [0.717, 1.165) is 23.8 Å². The summed E-state index contributed by atoms with van der Waals surface area (Å²) in [7, 11) is 0. The summed E-state index contributed by atoms with van der Waals surface area (Å²) in [5.41, 5.74) is 2.25. The first-order valence-corrected chi connectivity index (χ1v) is 6.51. The van der Waals surface area contributed by atoms with Crippen LogP contribution in [-0.4, -0.2) is 5.11 Å². The van der Waals surface area contributed by atoms with Crippen molar-refractivity contribution in [2.45, 2.75) is 13.5 Å². The number of aryl methyl sites for hydroxylation is 1. The maximum Gasteiger partial charge on any atom is 0.171 e. The fourth-order valence-corrected chi connectivity index (χ4v) is 1.83. The van der Waals surface area contributed by atoms with E-state index in [1.807, 2.05) is 31.2 Å². The Kier molecular flexibility index (Phi) is 4.63. The third-order valence-corrected chi connectivity index (χ3v) is 3.00. The van der Waals surface area contributed by atoms with Crippen LogP contribution in [-0.2, 0) is 6.54 Å². The lowest BCUT2D eigenvalue weighted by Gasteiger charge is -2.11. The van der Waals surface area contributed by atoms with Crippen LogP contribution in [0.3, 0.4) is 0 Å². The van der Waals surface area contributed by atoms with Crippen molar-refractivity contribution in [3.05, 3.63) is 65.2 Å². The SMILES string of the molecule is Cc1ccc(CNC(=S)Nc2cc(F)ccc2F)cc1. The van der Waals surface area contributed by atoms with E-state index in [1.54, 1.807) is 0 Å². The van der Waals surface area contributed by atoms with Crippen molar-refractivity contribution in [1.82, 2.24) is 5.32 Å². The molecule has 20 heavy (non-hydrogen) atoms. The predicted octanol–water partition coefficient (Wildman–Crippen LogP) is 3.76. The molecule has 2 N–H and O–H groups in total. The fraction of sp³-hybridized carbons (Fsp3) is 0.133. The highest BCUT2D eigenvalue weighted by Gasteiger charge is 2.05. The van der Waals surface area contributed by atoms with E-state index >= 15 is 0 Å². The van der Waals surface area contributed by atoms with Crippen molar-refractivity contribution in [2.24, 2.45) is 0 Å². The van der Waals surface area contributed by atoms with E-state index < -0.39 is 11.6 Å². The zero-order valence-corrected chi connectivity index (χ0v) is 11.7. The van der Waals surface area contributed by atoms with E-state index in [0.29, 0.717) is 6.54 Å². The molecule has 2 nitrogen and oxygen atoms in total. The molecule has 0 bridgehead atoms. The molecule has 2 aromatic carbocycles. The molecule has 0 amide bonds. The van der Waals surface area contributed by atoms with Crippen molar-refractivity contribution in [3.8, 4) is 0 Å². The molecule has 5 heteroatoms. The van der Waals surface area contributed by atoms with Gasteiger partial charge in [0.05, 0.1) is 5.69 Å². The first-order valence-electron chi connectivity index (χ1n) is 6.10. The van der Waals surface area contributed by atoms with Gasteiger partial charge in [-0.3, -0.25) is 0 Å². The minimum atomic E-state index is -0.550. The maximum atomic E-state index is 13.4. The molecule has 0 atom stereocenters. The number of anilines is 1. The number of thiocarbonyl (C=S) groups is 1. The van der Waals surface area contributed by atoms with Gasteiger partial charge in [-0.1, -0.05) is 29.8 Å². The van der Waals surface area contributed by atoms with Gasteiger partial charge < -0.3 is 10.6 Å². The minimum absolute atomic E-state index is 0.0198. The molecule has 2 rings (SSSR count). The van der Waals surface area contributed by atoms with E-state index in [-0.39, 0.29) is 10.8 Å². The van der Waals surface area contributed by atoms with Crippen LogP contribution in [0.1, 0.15) is 11.1 Å². The average Bonchev–Trinajstić information content (AvgIpc) is 2.42. The number of benzene rings is 2. The van der Waals surface area contributed by atoms with E-state index in [1.165, 1.54) is 5.56 Å². The van der Waals surface area contributed by atoms with Gasteiger partial charge in [-0.2, -0.15) is 0 Å². The number of halogens is 2. The molecule has 0 spiro atoms. The second-order valence-electron chi connectivity index (χ2n) is 4.42. The lowest BCUT2D eigenvalue weighted by atomic mass is 10.1. The third-order valence-electron chi connectivity index (χ3n) is 2.75. The summed E-state index contributed by atoms with van der Waals surface area (Å²) in [6.07, 6.45) is 0. The van der Waals surface area contributed by atoms with Gasteiger partial charge in [0.25, 0.3) is 0 Å². The van der Waals surface area contributed by atoms with Gasteiger partial charge in [0, 0.05) is 12.6 Å². The Labute approximate surface area is 121 Å². The Morgan fingerprint density at radius 3 is 2.50 bits per heavy atom. The van der Waals surface area contributed by atoms with Crippen molar-refractivity contribution in [1.29, 1.82) is 0 Å². The summed E-state index contributed by atoms with van der Waals surface area (Å²) >= 11 is 5.05. The molecule has 0 saturated carbocycles. The van der Waals surface area contributed by atoms with Crippen LogP contribution < -0.4 is 10.6 Å². The molecule has 0 heterocycles. The second-order valence-corrected chi connectivity index (χ2v) is 4.83. The van der Waals surface area contributed by atoms with E-state index in [2.05, 4.69) is 10.6 Å². The summed E-state index contributed by atoms with van der Waals surface area (Å²) in [6.45, 7) is 2.53. The highest BCUT2D eigenvalue weighted by atomic mass is 32.1. The second kappa shape index (κ2) is 6.43. The van der Waals surface area contributed by atoms with Crippen LogP contribution in [0.2, 0.25) is 0 Å². The molecule has 0 fully saturated rings. The standard InChI is InChI=1S/C15H14F2N2S/c1-10-2-4-11(5-3-10)9-18-15(20)19-14-8-12(16)6-7-13(14)17/h2-8H,9H2,1H3,(H2,18,19,20). The van der Waals surface area contributed by atoms with Crippen molar-refractivity contribution < 1.29 is 8.78 Å². The van der Waals surface area contributed by atoms with Crippen LogP contribution in [0.4, 0.5) is 14.5 Å². The van der Waals surface area contributed by atoms with Crippen LogP contribution in [0.25, 0.3) is 0 Å². The molecule has 0 aliphatic carbocycles. The third kappa shape index (κ3) is 3.99. The lowest BCUT2D eigenvalue weighted by Crippen LogP contribution is -2.28. The quantitative estimate of drug-likeness (QED) is 0.842. The summed E-state index contributed by atoms with van der Waals surface area (Å²) in [5, 5.41) is 5.83. The van der Waals surface area contributed by atoms with Gasteiger partial charge in [0.15, 0.2) is 5.11 Å². The van der Waals surface area contributed by atoms with Crippen LogP contribution >= 0.6 is 12.2 Å². The fourth-order valence-electron chi connectivity index (χ4n) is 1.65. The van der Waals surface area contributed by atoms with Crippen molar-refractivity contribution in [3.63, 3.8) is 0 Å². The normalized spacial score (nSPS) is 10.2. The zero-order chi connectivity index (χ0) is 14.5. The average molecular weight is 292 g/mol. The van der Waals surface area contributed by atoms with Crippen molar-refractivity contribution in [2.75, 3.05) is 5.32 Å². The van der Waals surface area contributed by atoms with Gasteiger partial charge in [0.2, 0.25) is 0 Å². The van der Waals surface area contributed by atoms with Crippen LogP contribution in [0.5, 0.6) is 0 Å². The van der Waals surface area contributed by atoms with Gasteiger partial charge in [-0.25, -0.2) is 8.78 Å². The Balaban J connectivity index is 1.92. The first kappa shape index (κ1) is 14.4. The number of nitrogens with one attached hydrogen (secondary N) is 2. The monoisotopic (exact) mass is 292 g/mol. The number of rotatable bonds is 3. The smallest absolute Gasteiger partial charge is 0.171 e. The molecule has 0 unspecified atom stereocenters. The summed E-state index contributed by atoms with van der Waals surface area (Å²) < 4.78 is 26.4. The molecular formula is C15H14F2N2S. The van der Waals surface area contributed by atoms with Crippen molar-refractivity contribution >= 4 is 23.0 Å². The topological polar surface area (TPSA) is 24.1 Å². The predicted molar refractivity (Wildman–Crippen MR) is 80.6 cm³/mol.